The fourth-order valence-corrected chi connectivity index (χ4v) is 1.96. The third-order valence-electron chi connectivity index (χ3n) is 2.52. The highest BCUT2D eigenvalue weighted by molar-refractivity contribution is 9.10. The summed E-state index contributed by atoms with van der Waals surface area (Å²) in [6, 6.07) is 5.18. The molecule has 1 aromatic rings. The molecule has 0 aliphatic rings. The van der Waals surface area contributed by atoms with E-state index in [0.717, 1.165) is 4.47 Å². The normalized spacial score (nSPS) is 10.1. The van der Waals surface area contributed by atoms with Crippen LogP contribution in [0.2, 0.25) is 0 Å². The van der Waals surface area contributed by atoms with Gasteiger partial charge >= 0.3 is 6.03 Å². The monoisotopic (exact) mass is 330 g/mol. The molecule has 0 heterocycles. The molecule has 0 spiro atoms. The number of anilines is 1. The van der Waals surface area contributed by atoms with Crippen LogP contribution >= 0.6 is 15.9 Å². The number of halogens is 1. The summed E-state index contributed by atoms with van der Waals surface area (Å²) in [5.74, 6) is 0.624. The van der Waals surface area contributed by atoms with Crippen LogP contribution in [0.3, 0.4) is 0 Å². The van der Waals surface area contributed by atoms with Crippen LogP contribution in [0, 0.1) is 0 Å². The van der Waals surface area contributed by atoms with Gasteiger partial charge < -0.3 is 20.1 Å². The first-order valence-electron chi connectivity index (χ1n) is 6.21. The molecule has 1 rings (SSSR count). The summed E-state index contributed by atoms with van der Waals surface area (Å²) in [6.07, 6.45) is 0. The van der Waals surface area contributed by atoms with Gasteiger partial charge in [-0.3, -0.25) is 0 Å². The summed E-state index contributed by atoms with van der Waals surface area (Å²) in [7, 11) is 0. The predicted molar refractivity (Wildman–Crippen MR) is 78.7 cm³/mol. The molecule has 106 valence electrons. The topological polar surface area (TPSA) is 61.8 Å². The van der Waals surface area contributed by atoms with Crippen LogP contribution in [0.5, 0.6) is 5.75 Å². The van der Waals surface area contributed by atoms with Crippen molar-refractivity contribution in [1.29, 1.82) is 0 Å². The molecule has 0 aliphatic carbocycles. The van der Waals surface area contributed by atoms with E-state index >= 15 is 0 Å². The molecule has 19 heavy (non-hydrogen) atoms. The number of hydrogen-bond acceptors (Lipinski definition) is 3. The van der Waals surface area contributed by atoms with Gasteiger partial charge in [0.25, 0.3) is 0 Å². The van der Waals surface area contributed by atoms with Crippen LogP contribution < -0.4 is 10.1 Å². The number of rotatable bonds is 6. The Morgan fingerprint density at radius 3 is 2.79 bits per heavy atom. The summed E-state index contributed by atoms with van der Waals surface area (Å²) in [5.41, 5.74) is 0.609. The van der Waals surface area contributed by atoms with Gasteiger partial charge in [-0.1, -0.05) is 15.9 Å². The molecule has 2 N–H and O–H groups in total. The second kappa shape index (κ2) is 8.01. The highest BCUT2D eigenvalue weighted by Crippen LogP contribution is 2.28. The van der Waals surface area contributed by atoms with Gasteiger partial charge in [-0.05, 0) is 32.0 Å². The minimum Gasteiger partial charge on any atom is -0.492 e. The van der Waals surface area contributed by atoms with Gasteiger partial charge in [-0.2, -0.15) is 0 Å². The minimum atomic E-state index is -0.254. The lowest BCUT2D eigenvalue weighted by Crippen LogP contribution is -2.36. The molecular weight excluding hydrogens is 312 g/mol. The lowest BCUT2D eigenvalue weighted by Gasteiger charge is -2.21. The number of ether oxygens (including phenoxy) is 1. The summed E-state index contributed by atoms with van der Waals surface area (Å²) in [5, 5.41) is 11.7. The number of nitrogens with zero attached hydrogens (tertiary/aromatic N) is 1. The van der Waals surface area contributed by atoms with Gasteiger partial charge in [0, 0.05) is 17.6 Å². The van der Waals surface area contributed by atoms with Gasteiger partial charge in [0.05, 0.1) is 18.9 Å². The van der Waals surface area contributed by atoms with Crippen LogP contribution in [-0.4, -0.2) is 42.3 Å². The fourth-order valence-electron chi connectivity index (χ4n) is 1.60. The summed E-state index contributed by atoms with van der Waals surface area (Å²) in [4.78, 5) is 13.6. The van der Waals surface area contributed by atoms with Crippen molar-refractivity contribution >= 4 is 27.6 Å². The largest absolute Gasteiger partial charge is 0.492 e. The maximum absolute atomic E-state index is 12.0. The van der Waals surface area contributed by atoms with Crippen LogP contribution in [0.25, 0.3) is 0 Å². The highest BCUT2D eigenvalue weighted by atomic mass is 79.9. The van der Waals surface area contributed by atoms with Crippen LogP contribution in [-0.2, 0) is 0 Å². The van der Waals surface area contributed by atoms with E-state index in [2.05, 4.69) is 21.2 Å². The standard InChI is InChI=1S/C13H19BrN2O3/c1-3-16(7-8-17)13(18)15-11-9-10(14)5-6-12(11)19-4-2/h5-6,9,17H,3-4,7-8H2,1-2H3,(H,15,18). The van der Waals surface area contributed by atoms with Crippen molar-refractivity contribution in [1.82, 2.24) is 4.90 Å². The van der Waals surface area contributed by atoms with Crippen molar-refractivity contribution in [2.24, 2.45) is 0 Å². The molecule has 2 amide bonds. The van der Waals surface area contributed by atoms with E-state index in [9.17, 15) is 4.79 Å². The molecule has 0 aromatic heterocycles. The highest BCUT2D eigenvalue weighted by Gasteiger charge is 2.13. The Labute approximate surface area is 121 Å². The lowest BCUT2D eigenvalue weighted by atomic mass is 10.3. The van der Waals surface area contributed by atoms with Gasteiger partial charge in [0.2, 0.25) is 0 Å². The number of hydrogen-bond donors (Lipinski definition) is 2. The molecule has 1 aromatic carbocycles. The van der Waals surface area contributed by atoms with E-state index < -0.39 is 0 Å². The van der Waals surface area contributed by atoms with Crippen LogP contribution in [0.4, 0.5) is 10.5 Å². The zero-order chi connectivity index (χ0) is 14.3. The van der Waals surface area contributed by atoms with Crippen molar-refractivity contribution < 1.29 is 14.6 Å². The smallest absolute Gasteiger partial charge is 0.322 e. The van der Waals surface area contributed by atoms with Gasteiger partial charge in [-0.25, -0.2) is 4.79 Å². The summed E-state index contributed by atoms with van der Waals surface area (Å²) < 4.78 is 6.32. The number of likely N-dealkylation sites (N-methyl/N-ethyl adjacent to an activating group) is 1. The van der Waals surface area contributed by atoms with Gasteiger partial charge in [-0.15, -0.1) is 0 Å². The van der Waals surface area contributed by atoms with Crippen molar-refractivity contribution in [2.45, 2.75) is 13.8 Å². The number of aliphatic hydroxyl groups excluding tert-OH is 1. The Morgan fingerprint density at radius 2 is 2.21 bits per heavy atom. The maximum atomic E-state index is 12.0. The van der Waals surface area contributed by atoms with Gasteiger partial charge in [0.15, 0.2) is 0 Å². The zero-order valence-corrected chi connectivity index (χ0v) is 12.7. The molecule has 0 fully saturated rings. The Bertz CT molecular complexity index is 426. The Balaban J connectivity index is 2.84. The van der Waals surface area contributed by atoms with Crippen molar-refractivity contribution in [3.8, 4) is 5.75 Å². The number of benzene rings is 1. The van der Waals surface area contributed by atoms with E-state index in [-0.39, 0.29) is 12.6 Å². The third-order valence-corrected chi connectivity index (χ3v) is 3.02. The van der Waals surface area contributed by atoms with Crippen LogP contribution in [0.15, 0.2) is 22.7 Å². The first kappa shape index (κ1) is 15.8. The second-order valence-corrected chi connectivity index (χ2v) is 4.72. The number of aliphatic hydroxyl groups is 1. The maximum Gasteiger partial charge on any atom is 0.322 e. The SMILES string of the molecule is CCOc1ccc(Br)cc1NC(=O)N(CC)CCO. The van der Waals surface area contributed by atoms with E-state index in [1.165, 1.54) is 4.90 Å². The number of amides is 2. The Hall–Kier alpha value is -1.27. The first-order valence-corrected chi connectivity index (χ1v) is 7.00. The molecule has 0 aliphatic heterocycles. The first-order chi connectivity index (χ1) is 9.12. The summed E-state index contributed by atoms with van der Waals surface area (Å²) in [6.45, 7) is 5.05. The van der Waals surface area contributed by atoms with Crippen molar-refractivity contribution in [3.63, 3.8) is 0 Å². The van der Waals surface area contributed by atoms with Crippen LogP contribution in [0.1, 0.15) is 13.8 Å². The van der Waals surface area contributed by atoms with E-state index in [4.69, 9.17) is 9.84 Å². The molecular formula is C13H19BrN2O3. The predicted octanol–water partition coefficient (Wildman–Crippen LogP) is 2.69. The Morgan fingerprint density at radius 1 is 1.47 bits per heavy atom. The molecule has 0 atom stereocenters. The molecule has 6 heteroatoms. The second-order valence-electron chi connectivity index (χ2n) is 3.81. The molecule has 0 radical (unpaired) electrons. The molecule has 0 saturated heterocycles. The molecule has 0 saturated carbocycles. The molecule has 5 nitrogen and oxygen atoms in total. The fraction of sp³-hybridized carbons (Fsp3) is 0.462. The van der Waals surface area contributed by atoms with E-state index in [1.807, 2.05) is 19.9 Å². The number of nitrogens with one attached hydrogen (secondary N) is 1. The third kappa shape index (κ3) is 4.72. The number of urea groups is 1. The lowest BCUT2D eigenvalue weighted by molar-refractivity contribution is 0.192. The molecule has 0 bridgehead atoms. The number of carbonyl (C=O) groups is 1. The molecule has 0 unspecified atom stereocenters. The quantitative estimate of drug-likeness (QED) is 0.842. The van der Waals surface area contributed by atoms with Crippen molar-refractivity contribution in [2.75, 3.05) is 31.6 Å². The summed E-state index contributed by atoms with van der Waals surface area (Å²) >= 11 is 3.36. The number of carbonyl (C=O) groups excluding carboxylic acids is 1. The average molecular weight is 331 g/mol. The van der Waals surface area contributed by atoms with Crippen molar-refractivity contribution in [3.05, 3.63) is 22.7 Å². The Kier molecular flexibility index (Phi) is 6.66. The zero-order valence-electron chi connectivity index (χ0n) is 11.1. The van der Waals surface area contributed by atoms with E-state index in [1.54, 1.807) is 12.1 Å². The van der Waals surface area contributed by atoms with Gasteiger partial charge in [0.1, 0.15) is 5.75 Å². The average Bonchev–Trinajstić information content (AvgIpc) is 2.39. The van der Waals surface area contributed by atoms with E-state index in [0.29, 0.717) is 31.1 Å². The minimum absolute atomic E-state index is 0.0575.